The molecule has 0 atom stereocenters. The molecule has 0 unspecified atom stereocenters. The molecule has 0 aliphatic heterocycles. The number of nitrogens with two attached hydrogens (primary N) is 1. The molecule has 0 saturated carbocycles. The first-order chi connectivity index (χ1) is 9.20. The average molecular weight is 275 g/mol. The van der Waals surface area contributed by atoms with Crippen molar-refractivity contribution >= 4 is 17.2 Å². The largest absolute Gasteiger partial charge is 0.409 e. The second-order valence-corrected chi connectivity index (χ2v) is 5.31. The summed E-state index contributed by atoms with van der Waals surface area (Å²) in [5, 5.41) is 17.1. The van der Waals surface area contributed by atoms with Crippen LogP contribution in [0.4, 0.5) is 0 Å². The molecule has 0 aliphatic carbocycles. The maximum Gasteiger partial charge on any atom is 0.170 e. The second kappa shape index (κ2) is 6.36. The Morgan fingerprint density at radius 2 is 2.00 bits per heavy atom. The quantitative estimate of drug-likeness (QED) is 0.340. The highest BCUT2D eigenvalue weighted by Crippen LogP contribution is 2.15. The first-order valence-corrected chi connectivity index (χ1v) is 6.89. The summed E-state index contributed by atoms with van der Waals surface area (Å²) in [6.07, 6.45) is 0. The number of rotatable bonds is 5. The molecule has 0 radical (unpaired) electrons. The lowest BCUT2D eigenvalue weighted by atomic mass is 10.1. The fourth-order valence-corrected chi connectivity index (χ4v) is 2.63. The van der Waals surface area contributed by atoms with Crippen molar-refractivity contribution < 1.29 is 5.21 Å². The van der Waals surface area contributed by atoms with Crippen molar-refractivity contribution in [2.75, 3.05) is 0 Å². The summed E-state index contributed by atoms with van der Waals surface area (Å²) >= 11 is 1.77. The van der Waals surface area contributed by atoms with Crippen LogP contribution < -0.4 is 11.1 Å². The zero-order valence-electron chi connectivity index (χ0n) is 10.8. The average Bonchev–Trinajstić information content (AvgIpc) is 2.84. The van der Waals surface area contributed by atoms with Crippen molar-refractivity contribution in [3.63, 3.8) is 0 Å². The molecule has 4 N–H and O–H groups in total. The van der Waals surface area contributed by atoms with Gasteiger partial charge in [0.2, 0.25) is 0 Å². The maximum atomic E-state index is 8.58. The molecule has 2 aromatic rings. The zero-order chi connectivity index (χ0) is 13.7. The van der Waals surface area contributed by atoms with Crippen LogP contribution in [0.2, 0.25) is 0 Å². The van der Waals surface area contributed by atoms with Gasteiger partial charge in [-0.3, -0.25) is 0 Å². The molecule has 0 aliphatic rings. The van der Waals surface area contributed by atoms with Crippen LogP contribution in [0, 0.1) is 6.92 Å². The number of nitrogens with one attached hydrogen (secondary N) is 1. The minimum absolute atomic E-state index is 0.133. The minimum atomic E-state index is 0.133. The molecule has 4 nitrogen and oxygen atoms in total. The van der Waals surface area contributed by atoms with Crippen LogP contribution >= 0.6 is 11.3 Å². The number of oxime groups is 1. The van der Waals surface area contributed by atoms with Crippen molar-refractivity contribution in [1.82, 2.24) is 5.32 Å². The van der Waals surface area contributed by atoms with Crippen LogP contribution in [0.5, 0.6) is 0 Å². The lowest BCUT2D eigenvalue weighted by molar-refractivity contribution is 0.318. The van der Waals surface area contributed by atoms with E-state index in [9.17, 15) is 0 Å². The Labute approximate surface area is 116 Å². The third-order valence-corrected chi connectivity index (χ3v) is 3.96. The van der Waals surface area contributed by atoms with Crippen LogP contribution in [0.3, 0.4) is 0 Å². The molecule has 1 aromatic heterocycles. The van der Waals surface area contributed by atoms with E-state index in [1.54, 1.807) is 11.3 Å². The van der Waals surface area contributed by atoms with Gasteiger partial charge in [0.25, 0.3) is 0 Å². The van der Waals surface area contributed by atoms with Crippen LogP contribution in [0.25, 0.3) is 0 Å². The van der Waals surface area contributed by atoms with Gasteiger partial charge in [-0.1, -0.05) is 29.4 Å². The van der Waals surface area contributed by atoms with Gasteiger partial charge in [0.05, 0.1) is 0 Å². The summed E-state index contributed by atoms with van der Waals surface area (Å²) in [5.41, 5.74) is 8.74. The molecule has 1 heterocycles. The van der Waals surface area contributed by atoms with Crippen LogP contribution in [-0.2, 0) is 13.1 Å². The molecular weight excluding hydrogens is 258 g/mol. The lowest BCUT2D eigenvalue weighted by Crippen LogP contribution is -2.14. The third kappa shape index (κ3) is 3.56. The molecule has 0 amide bonds. The number of hydrogen-bond acceptors (Lipinski definition) is 4. The van der Waals surface area contributed by atoms with E-state index < -0.39 is 0 Å². The van der Waals surface area contributed by atoms with Gasteiger partial charge in [0, 0.05) is 23.5 Å². The van der Waals surface area contributed by atoms with Crippen LogP contribution in [0.1, 0.15) is 21.6 Å². The van der Waals surface area contributed by atoms with Crippen molar-refractivity contribution in [3.05, 3.63) is 57.3 Å². The van der Waals surface area contributed by atoms with Crippen LogP contribution in [-0.4, -0.2) is 11.0 Å². The van der Waals surface area contributed by atoms with E-state index in [4.69, 9.17) is 10.9 Å². The van der Waals surface area contributed by atoms with Gasteiger partial charge >= 0.3 is 0 Å². The fourth-order valence-electron chi connectivity index (χ4n) is 1.76. The number of amidine groups is 1. The van der Waals surface area contributed by atoms with Gasteiger partial charge in [-0.25, -0.2) is 0 Å². The monoisotopic (exact) mass is 275 g/mol. The topological polar surface area (TPSA) is 70.6 Å². The van der Waals surface area contributed by atoms with Gasteiger partial charge in [-0.05, 0) is 29.5 Å². The Bertz CT molecular complexity index is 560. The van der Waals surface area contributed by atoms with Gasteiger partial charge < -0.3 is 16.3 Å². The third-order valence-electron chi connectivity index (χ3n) is 2.94. The number of benzene rings is 1. The highest BCUT2D eigenvalue weighted by atomic mass is 32.1. The normalized spacial score (nSPS) is 11.7. The summed E-state index contributed by atoms with van der Waals surface area (Å²) in [7, 11) is 0. The van der Waals surface area contributed by atoms with Crippen molar-refractivity contribution in [2.24, 2.45) is 10.9 Å². The lowest BCUT2D eigenvalue weighted by Gasteiger charge is -2.05. The smallest absolute Gasteiger partial charge is 0.170 e. The summed E-state index contributed by atoms with van der Waals surface area (Å²) < 4.78 is 0. The van der Waals surface area contributed by atoms with E-state index in [0.717, 1.165) is 18.7 Å². The molecule has 100 valence electrons. The van der Waals surface area contributed by atoms with Crippen molar-refractivity contribution in [3.8, 4) is 0 Å². The first kappa shape index (κ1) is 13.6. The molecule has 0 spiro atoms. The second-order valence-electron chi connectivity index (χ2n) is 4.31. The summed E-state index contributed by atoms with van der Waals surface area (Å²) in [6, 6.07) is 9.78. The van der Waals surface area contributed by atoms with E-state index in [0.29, 0.717) is 0 Å². The SMILES string of the molecule is Cc1ccsc1CNCc1ccc(C(N)=NO)cc1. The molecular formula is C14H17N3OS. The Balaban J connectivity index is 1.88. The fraction of sp³-hybridized carbons (Fsp3) is 0.214. The maximum absolute atomic E-state index is 8.58. The Kier molecular flexibility index (Phi) is 4.54. The summed E-state index contributed by atoms with van der Waals surface area (Å²) in [4.78, 5) is 1.37. The van der Waals surface area contributed by atoms with E-state index in [1.165, 1.54) is 16.0 Å². The Morgan fingerprint density at radius 1 is 1.26 bits per heavy atom. The molecule has 5 heteroatoms. The molecule has 2 rings (SSSR count). The highest BCUT2D eigenvalue weighted by molar-refractivity contribution is 7.10. The van der Waals surface area contributed by atoms with Crippen molar-refractivity contribution in [2.45, 2.75) is 20.0 Å². The van der Waals surface area contributed by atoms with E-state index in [2.05, 4.69) is 28.8 Å². The predicted octanol–water partition coefficient (Wildman–Crippen LogP) is 2.44. The first-order valence-electron chi connectivity index (χ1n) is 6.01. The molecule has 0 bridgehead atoms. The summed E-state index contributed by atoms with van der Waals surface area (Å²) in [5.74, 6) is 0.133. The molecule has 19 heavy (non-hydrogen) atoms. The minimum Gasteiger partial charge on any atom is -0.409 e. The Morgan fingerprint density at radius 3 is 2.58 bits per heavy atom. The van der Waals surface area contributed by atoms with Gasteiger partial charge in [-0.15, -0.1) is 11.3 Å². The standard InChI is InChI=1S/C14H17N3OS/c1-10-6-7-19-13(10)9-16-8-11-2-4-12(5-3-11)14(15)17-18/h2-7,16,18H,8-9H2,1H3,(H2,15,17). The van der Waals surface area contributed by atoms with E-state index in [1.807, 2.05) is 24.3 Å². The zero-order valence-corrected chi connectivity index (χ0v) is 11.6. The molecule has 1 aromatic carbocycles. The van der Waals surface area contributed by atoms with E-state index in [-0.39, 0.29) is 5.84 Å². The van der Waals surface area contributed by atoms with Gasteiger partial charge in [0.1, 0.15) is 0 Å². The van der Waals surface area contributed by atoms with Gasteiger partial charge in [0.15, 0.2) is 5.84 Å². The number of hydrogen-bond donors (Lipinski definition) is 3. The highest BCUT2D eigenvalue weighted by Gasteiger charge is 2.01. The van der Waals surface area contributed by atoms with Crippen molar-refractivity contribution in [1.29, 1.82) is 0 Å². The molecule has 0 fully saturated rings. The van der Waals surface area contributed by atoms with Crippen LogP contribution in [0.15, 0.2) is 40.9 Å². The number of nitrogens with zero attached hydrogens (tertiary/aromatic N) is 1. The number of aryl methyl sites for hydroxylation is 1. The number of thiophene rings is 1. The van der Waals surface area contributed by atoms with Gasteiger partial charge in [-0.2, -0.15) is 0 Å². The Hall–Kier alpha value is -1.85. The predicted molar refractivity (Wildman–Crippen MR) is 78.6 cm³/mol. The molecule has 0 saturated heterocycles. The summed E-state index contributed by atoms with van der Waals surface area (Å²) in [6.45, 7) is 3.80. The van der Waals surface area contributed by atoms with E-state index >= 15 is 0 Å².